The summed E-state index contributed by atoms with van der Waals surface area (Å²) in [6.07, 6.45) is 0.872. The van der Waals surface area contributed by atoms with Crippen molar-refractivity contribution in [2.45, 2.75) is 51.6 Å². The first-order valence-electron chi connectivity index (χ1n) is 9.30. The lowest BCUT2D eigenvalue weighted by atomic mass is 10.0. The van der Waals surface area contributed by atoms with Crippen molar-refractivity contribution in [2.24, 2.45) is 5.11 Å². The van der Waals surface area contributed by atoms with E-state index in [2.05, 4.69) is 20.1 Å². The van der Waals surface area contributed by atoms with Crippen molar-refractivity contribution >= 4 is 29.7 Å². The maximum absolute atomic E-state index is 12.5. The zero-order valence-corrected chi connectivity index (χ0v) is 17.2. The normalized spacial score (nSPS) is 11.4. The SMILES string of the molecule is CC(C)(C)N(CCCC[C@H](NC(=O)c1cccc(N=[N+]=N)c1)C(=O)C=[N+]=[N-])C(=O)O. The van der Waals surface area contributed by atoms with E-state index in [0.717, 1.165) is 0 Å². The van der Waals surface area contributed by atoms with Gasteiger partial charge >= 0.3 is 12.3 Å². The number of rotatable bonds is 10. The molecule has 0 aromatic heterocycles. The van der Waals surface area contributed by atoms with Crippen molar-refractivity contribution in [1.82, 2.24) is 15.1 Å². The smallest absolute Gasteiger partial charge is 0.407 e. The summed E-state index contributed by atoms with van der Waals surface area (Å²) in [4.78, 5) is 43.0. The molecule has 11 nitrogen and oxygen atoms in total. The second-order valence-electron chi connectivity index (χ2n) is 7.52. The number of carboxylic acid groups (broad SMARTS) is 1. The Bertz CT molecular complexity index is 881. The van der Waals surface area contributed by atoms with Crippen molar-refractivity contribution in [3.8, 4) is 0 Å². The number of nitrogens with one attached hydrogen (secondary N) is 2. The standard InChI is InChI=1S/C19H25N7O4/c1-19(2,3)26(18(29)30)10-5-4-9-15(16(27)12-22-20)23-17(28)13-7-6-8-14(11-13)24-25-21/h6-8,11-12,15,21H,4-5,9-10H2,1-3H3,(H-,23,28,29,30)/p+1/t15-/m0/s1. The molecule has 30 heavy (non-hydrogen) atoms. The van der Waals surface area contributed by atoms with Gasteiger partial charge in [-0.3, -0.25) is 9.59 Å². The molecule has 0 aliphatic heterocycles. The average molecular weight is 416 g/mol. The number of carbonyl (C=O) groups is 3. The highest BCUT2D eigenvalue weighted by Crippen LogP contribution is 2.16. The fraction of sp³-hybridized carbons (Fsp3) is 0.474. The number of ketones is 1. The van der Waals surface area contributed by atoms with Crippen LogP contribution in [0.1, 0.15) is 50.4 Å². The highest BCUT2D eigenvalue weighted by atomic mass is 16.4. The summed E-state index contributed by atoms with van der Waals surface area (Å²) in [5.41, 5.74) is 15.4. The van der Waals surface area contributed by atoms with E-state index in [1.807, 2.05) is 0 Å². The van der Waals surface area contributed by atoms with E-state index in [0.29, 0.717) is 24.7 Å². The summed E-state index contributed by atoms with van der Waals surface area (Å²) in [6.45, 7) is 5.65. The predicted octanol–water partition coefficient (Wildman–Crippen LogP) is 2.79. The first kappa shape index (κ1) is 24.4. The van der Waals surface area contributed by atoms with Crippen molar-refractivity contribution in [1.29, 1.82) is 5.53 Å². The third-order valence-electron chi connectivity index (χ3n) is 4.27. The van der Waals surface area contributed by atoms with Crippen LogP contribution in [-0.2, 0) is 4.79 Å². The molecule has 1 atom stereocenters. The van der Waals surface area contributed by atoms with E-state index in [9.17, 15) is 19.5 Å². The van der Waals surface area contributed by atoms with Crippen LogP contribution in [0.5, 0.6) is 0 Å². The molecule has 0 heterocycles. The fourth-order valence-corrected chi connectivity index (χ4v) is 2.78. The van der Waals surface area contributed by atoms with E-state index in [1.54, 1.807) is 32.9 Å². The molecule has 0 aliphatic carbocycles. The fourth-order valence-electron chi connectivity index (χ4n) is 2.78. The number of unbranched alkanes of at least 4 members (excludes halogenated alkanes) is 1. The molecule has 3 N–H and O–H groups in total. The topological polar surface area (TPSA) is 173 Å². The molecule has 160 valence electrons. The Hall–Kier alpha value is -3.68. The molecular weight excluding hydrogens is 390 g/mol. The van der Waals surface area contributed by atoms with E-state index < -0.39 is 29.4 Å². The van der Waals surface area contributed by atoms with Crippen molar-refractivity contribution < 1.29 is 24.3 Å². The van der Waals surface area contributed by atoms with Crippen LogP contribution < -0.4 is 10.2 Å². The van der Waals surface area contributed by atoms with Gasteiger partial charge in [-0.25, -0.2) is 4.79 Å². The van der Waals surface area contributed by atoms with E-state index in [1.165, 1.54) is 17.0 Å². The van der Waals surface area contributed by atoms with Gasteiger partial charge in [0.25, 0.3) is 11.7 Å². The Labute approximate surface area is 173 Å². The average Bonchev–Trinajstić information content (AvgIpc) is 2.66. The molecule has 1 aromatic carbocycles. The lowest BCUT2D eigenvalue weighted by molar-refractivity contribution is -0.118. The third kappa shape index (κ3) is 7.75. The summed E-state index contributed by atoms with van der Waals surface area (Å²) in [5.74, 6) is -1.12. The lowest BCUT2D eigenvalue weighted by Crippen LogP contribution is -2.45. The number of hydrogen-bond donors (Lipinski definition) is 3. The van der Waals surface area contributed by atoms with Crippen LogP contribution in [0, 0.1) is 5.53 Å². The van der Waals surface area contributed by atoms with Crippen LogP contribution in [0.3, 0.4) is 0 Å². The molecule has 2 amide bonds. The second-order valence-corrected chi connectivity index (χ2v) is 7.52. The molecule has 0 spiro atoms. The number of amides is 2. The number of Topliss-reactive ketones (excluding diaryl/α,β-unsaturated/α-hetero) is 1. The van der Waals surface area contributed by atoms with Crippen LogP contribution >= 0.6 is 0 Å². The van der Waals surface area contributed by atoms with Crippen LogP contribution in [0.2, 0.25) is 0 Å². The molecule has 1 aromatic rings. The maximum Gasteiger partial charge on any atom is 0.407 e. The van der Waals surface area contributed by atoms with Crippen LogP contribution in [0.4, 0.5) is 10.5 Å². The second kappa shape index (κ2) is 11.4. The Morgan fingerprint density at radius 3 is 2.60 bits per heavy atom. The van der Waals surface area contributed by atoms with Crippen molar-refractivity contribution in [2.75, 3.05) is 6.54 Å². The zero-order chi connectivity index (χ0) is 22.7. The molecule has 0 saturated heterocycles. The molecule has 11 heteroatoms. The summed E-state index contributed by atoms with van der Waals surface area (Å²) in [5, 5.41) is 15.5. The molecule has 0 saturated carbocycles. The minimum atomic E-state index is -1.03. The van der Waals surface area contributed by atoms with Gasteiger partial charge in [0.15, 0.2) is 10.8 Å². The van der Waals surface area contributed by atoms with Gasteiger partial charge in [-0.05, 0) is 58.2 Å². The Morgan fingerprint density at radius 1 is 1.33 bits per heavy atom. The quantitative estimate of drug-likeness (QED) is 0.230. The molecular formula is C19H26N7O4+. The highest BCUT2D eigenvalue weighted by Gasteiger charge is 2.26. The number of hydrogen-bond acceptors (Lipinski definition) is 5. The van der Waals surface area contributed by atoms with Gasteiger partial charge in [0.2, 0.25) is 4.91 Å². The number of nitrogens with zero attached hydrogens (tertiary/aromatic N) is 5. The van der Waals surface area contributed by atoms with E-state index in [-0.39, 0.29) is 18.5 Å². The molecule has 0 fully saturated rings. The molecule has 0 aliphatic rings. The maximum atomic E-state index is 12.5. The minimum absolute atomic E-state index is 0.225. The number of benzene rings is 1. The van der Waals surface area contributed by atoms with Crippen LogP contribution in [0.25, 0.3) is 5.53 Å². The Morgan fingerprint density at radius 2 is 2.03 bits per heavy atom. The van der Waals surface area contributed by atoms with Gasteiger partial charge in [0.05, 0.1) is 6.04 Å². The van der Waals surface area contributed by atoms with Gasteiger partial charge in [0, 0.05) is 17.6 Å². The first-order valence-corrected chi connectivity index (χ1v) is 9.30. The van der Waals surface area contributed by atoms with Gasteiger partial charge in [-0.15, -0.1) is 0 Å². The monoisotopic (exact) mass is 416 g/mol. The van der Waals surface area contributed by atoms with E-state index >= 15 is 0 Å². The lowest BCUT2D eigenvalue weighted by Gasteiger charge is -2.33. The molecule has 0 bridgehead atoms. The third-order valence-corrected chi connectivity index (χ3v) is 4.27. The van der Waals surface area contributed by atoms with Crippen LogP contribution in [-0.4, -0.2) is 56.9 Å². The zero-order valence-electron chi connectivity index (χ0n) is 17.2. The Balaban J connectivity index is 2.81. The van der Waals surface area contributed by atoms with Gasteiger partial charge in [-0.2, -0.15) is 4.79 Å². The van der Waals surface area contributed by atoms with Gasteiger partial charge in [-0.1, -0.05) is 6.07 Å². The van der Waals surface area contributed by atoms with Crippen molar-refractivity contribution in [3.05, 3.63) is 35.4 Å². The number of carbonyl (C=O) groups excluding carboxylic acids is 2. The Kier molecular flexibility index (Phi) is 9.22. The predicted molar refractivity (Wildman–Crippen MR) is 108 cm³/mol. The molecule has 1 rings (SSSR count). The summed E-state index contributed by atoms with van der Waals surface area (Å²) >= 11 is 0. The van der Waals surface area contributed by atoms with Crippen LogP contribution in [0.15, 0.2) is 29.4 Å². The highest BCUT2D eigenvalue weighted by molar-refractivity contribution is 6.28. The van der Waals surface area contributed by atoms with Crippen molar-refractivity contribution in [3.63, 3.8) is 0 Å². The summed E-state index contributed by atoms with van der Waals surface area (Å²) in [7, 11) is 0. The summed E-state index contributed by atoms with van der Waals surface area (Å²) < 4.78 is 0. The van der Waals surface area contributed by atoms with E-state index in [4.69, 9.17) is 11.1 Å². The molecule has 0 unspecified atom stereocenters. The first-order chi connectivity index (χ1) is 14.1. The molecule has 0 radical (unpaired) electrons. The largest absolute Gasteiger partial charge is 0.465 e. The minimum Gasteiger partial charge on any atom is -0.465 e. The van der Waals surface area contributed by atoms with Gasteiger partial charge in [0.1, 0.15) is 5.53 Å². The summed E-state index contributed by atoms with van der Waals surface area (Å²) in [6, 6.07) is 5.14. The van der Waals surface area contributed by atoms with Gasteiger partial charge < -0.3 is 20.9 Å².